The van der Waals surface area contributed by atoms with E-state index in [0.717, 1.165) is 0 Å². The lowest BCUT2D eigenvalue weighted by Crippen LogP contribution is -2.31. The molecular weight excluding hydrogens is 276 g/mol. The summed E-state index contributed by atoms with van der Waals surface area (Å²) in [6, 6.07) is 12.0. The maximum absolute atomic E-state index is 13.4. The van der Waals surface area contributed by atoms with Gasteiger partial charge in [-0.2, -0.15) is 0 Å². The monoisotopic (exact) mass is 293 g/mol. The predicted octanol–water partition coefficient (Wildman–Crippen LogP) is 2.49. The Morgan fingerprint density at radius 2 is 1.76 bits per heavy atom. The van der Waals surface area contributed by atoms with E-state index in [-0.39, 0.29) is 24.8 Å². The standard InChI is InChI=1S/C16H17F2NO2/c17-13-5-7-15(8-6-13)21-11-14(20)10-19-9-12-3-1-2-4-16(12)18/h1-8,14,19-20H,9-11H2. The van der Waals surface area contributed by atoms with Crippen LogP contribution in [0.5, 0.6) is 5.75 Å². The summed E-state index contributed by atoms with van der Waals surface area (Å²) >= 11 is 0. The second-order valence-electron chi connectivity index (χ2n) is 4.64. The molecule has 0 fully saturated rings. The predicted molar refractivity (Wildman–Crippen MR) is 76.0 cm³/mol. The highest BCUT2D eigenvalue weighted by molar-refractivity contribution is 5.22. The number of rotatable bonds is 7. The first-order chi connectivity index (χ1) is 10.1. The van der Waals surface area contributed by atoms with E-state index in [2.05, 4.69) is 5.32 Å². The number of hydrogen-bond donors (Lipinski definition) is 2. The highest BCUT2D eigenvalue weighted by Gasteiger charge is 2.06. The van der Waals surface area contributed by atoms with Crippen molar-refractivity contribution in [2.75, 3.05) is 13.2 Å². The van der Waals surface area contributed by atoms with Gasteiger partial charge in [-0.25, -0.2) is 8.78 Å². The third-order valence-electron chi connectivity index (χ3n) is 2.91. The van der Waals surface area contributed by atoms with Crippen molar-refractivity contribution in [1.29, 1.82) is 0 Å². The molecule has 0 saturated heterocycles. The zero-order valence-corrected chi connectivity index (χ0v) is 11.4. The van der Waals surface area contributed by atoms with Crippen molar-refractivity contribution in [3.05, 3.63) is 65.7 Å². The van der Waals surface area contributed by atoms with Gasteiger partial charge in [0.1, 0.15) is 30.1 Å². The smallest absolute Gasteiger partial charge is 0.127 e. The minimum atomic E-state index is -0.734. The summed E-state index contributed by atoms with van der Waals surface area (Å²) in [5.74, 6) is -0.124. The third-order valence-corrected chi connectivity index (χ3v) is 2.91. The SMILES string of the molecule is OC(CNCc1ccccc1F)COc1ccc(F)cc1. The molecule has 0 aliphatic rings. The Morgan fingerprint density at radius 3 is 2.48 bits per heavy atom. The van der Waals surface area contributed by atoms with Crippen LogP contribution in [0.4, 0.5) is 8.78 Å². The highest BCUT2D eigenvalue weighted by Crippen LogP contribution is 2.11. The molecule has 0 radical (unpaired) electrons. The molecule has 0 aliphatic carbocycles. The van der Waals surface area contributed by atoms with Gasteiger partial charge in [-0.15, -0.1) is 0 Å². The van der Waals surface area contributed by atoms with Crippen molar-refractivity contribution in [3.63, 3.8) is 0 Å². The lowest BCUT2D eigenvalue weighted by Gasteiger charge is -2.13. The maximum atomic E-state index is 13.4. The van der Waals surface area contributed by atoms with Gasteiger partial charge in [0, 0.05) is 18.7 Å². The highest BCUT2D eigenvalue weighted by atomic mass is 19.1. The molecule has 0 saturated carbocycles. The molecule has 21 heavy (non-hydrogen) atoms. The molecule has 0 amide bonds. The van der Waals surface area contributed by atoms with Gasteiger partial charge in [0.25, 0.3) is 0 Å². The van der Waals surface area contributed by atoms with Gasteiger partial charge in [-0.1, -0.05) is 18.2 Å². The molecule has 0 aliphatic heterocycles. The first kappa shape index (κ1) is 15.4. The first-order valence-corrected chi connectivity index (χ1v) is 6.65. The normalized spacial score (nSPS) is 12.1. The van der Waals surface area contributed by atoms with Crippen LogP contribution in [0.1, 0.15) is 5.56 Å². The fourth-order valence-electron chi connectivity index (χ4n) is 1.80. The molecule has 2 N–H and O–H groups in total. The fourth-order valence-corrected chi connectivity index (χ4v) is 1.80. The van der Waals surface area contributed by atoms with Gasteiger partial charge in [0.05, 0.1) is 0 Å². The number of benzene rings is 2. The van der Waals surface area contributed by atoms with Crippen molar-refractivity contribution in [2.24, 2.45) is 0 Å². The van der Waals surface area contributed by atoms with Crippen LogP contribution in [0.2, 0.25) is 0 Å². The summed E-state index contributed by atoms with van der Waals surface area (Å²) in [5.41, 5.74) is 0.546. The van der Waals surface area contributed by atoms with Gasteiger partial charge in [0.2, 0.25) is 0 Å². The molecule has 0 heterocycles. The zero-order valence-electron chi connectivity index (χ0n) is 11.4. The molecule has 3 nitrogen and oxygen atoms in total. The Kier molecular flexibility index (Phi) is 5.66. The molecular formula is C16H17F2NO2. The van der Waals surface area contributed by atoms with E-state index >= 15 is 0 Å². The Labute approximate surface area is 122 Å². The molecule has 1 atom stereocenters. The quantitative estimate of drug-likeness (QED) is 0.824. The van der Waals surface area contributed by atoms with Gasteiger partial charge in [-0.3, -0.25) is 0 Å². The van der Waals surface area contributed by atoms with Crippen molar-refractivity contribution < 1.29 is 18.6 Å². The minimum absolute atomic E-state index is 0.0793. The summed E-state index contributed by atoms with van der Waals surface area (Å²) in [4.78, 5) is 0. The summed E-state index contributed by atoms with van der Waals surface area (Å²) < 4.78 is 31.4. The van der Waals surface area contributed by atoms with Crippen molar-refractivity contribution in [1.82, 2.24) is 5.32 Å². The van der Waals surface area contributed by atoms with E-state index in [4.69, 9.17) is 4.74 Å². The summed E-state index contributed by atoms with van der Waals surface area (Å²) in [6.45, 7) is 0.686. The molecule has 0 aromatic heterocycles. The second kappa shape index (κ2) is 7.71. The molecule has 1 unspecified atom stereocenters. The molecule has 2 aromatic rings. The van der Waals surface area contributed by atoms with Gasteiger partial charge < -0.3 is 15.2 Å². The molecule has 0 bridgehead atoms. The van der Waals surface area contributed by atoms with Crippen LogP contribution in [0.3, 0.4) is 0 Å². The van der Waals surface area contributed by atoms with Crippen LogP contribution in [0.15, 0.2) is 48.5 Å². The molecule has 0 spiro atoms. The summed E-state index contributed by atoms with van der Waals surface area (Å²) in [7, 11) is 0. The topological polar surface area (TPSA) is 41.5 Å². The van der Waals surface area contributed by atoms with Crippen LogP contribution >= 0.6 is 0 Å². The van der Waals surface area contributed by atoms with Crippen LogP contribution < -0.4 is 10.1 Å². The largest absolute Gasteiger partial charge is 0.491 e. The Hall–Kier alpha value is -1.98. The Bertz CT molecular complexity index is 560. The number of aliphatic hydroxyl groups is 1. The summed E-state index contributed by atoms with van der Waals surface area (Å²) in [5, 5.41) is 12.7. The van der Waals surface area contributed by atoms with Gasteiger partial charge in [0.15, 0.2) is 0 Å². The maximum Gasteiger partial charge on any atom is 0.127 e. The van der Waals surface area contributed by atoms with Crippen LogP contribution in [0, 0.1) is 11.6 Å². The van der Waals surface area contributed by atoms with E-state index in [9.17, 15) is 13.9 Å². The minimum Gasteiger partial charge on any atom is -0.491 e. The lowest BCUT2D eigenvalue weighted by atomic mass is 10.2. The average molecular weight is 293 g/mol. The number of aliphatic hydroxyl groups excluding tert-OH is 1. The van der Waals surface area contributed by atoms with E-state index in [1.54, 1.807) is 18.2 Å². The zero-order chi connectivity index (χ0) is 15.1. The Morgan fingerprint density at radius 1 is 1.05 bits per heavy atom. The van der Waals surface area contributed by atoms with Gasteiger partial charge >= 0.3 is 0 Å². The number of hydrogen-bond acceptors (Lipinski definition) is 3. The fraction of sp³-hybridized carbons (Fsp3) is 0.250. The van der Waals surface area contributed by atoms with Gasteiger partial charge in [-0.05, 0) is 30.3 Å². The van der Waals surface area contributed by atoms with Crippen LogP contribution in [0.25, 0.3) is 0 Å². The Balaban J connectivity index is 1.69. The molecule has 2 rings (SSSR count). The number of ether oxygens (including phenoxy) is 1. The van der Waals surface area contributed by atoms with E-state index in [1.807, 2.05) is 0 Å². The van der Waals surface area contributed by atoms with E-state index in [0.29, 0.717) is 17.9 Å². The van der Waals surface area contributed by atoms with Crippen molar-refractivity contribution >= 4 is 0 Å². The molecule has 112 valence electrons. The average Bonchev–Trinajstić information content (AvgIpc) is 2.49. The van der Waals surface area contributed by atoms with E-state index < -0.39 is 6.10 Å². The number of halogens is 2. The molecule has 2 aromatic carbocycles. The lowest BCUT2D eigenvalue weighted by molar-refractivity contribution is 0.106. The molecule has 5 heteroatoms. The van der Waals surface area contributed by atoms with Crippen LogP contribution in [-0.4, -0.2) is 24.4 Å². The van der Waals surface area contributed by atoms with Crippen molar-refractivity contribution in [2.45, 2.75) is 12.6 Å². The third kappa shape index (κ3) is 5.13. The summed E-state index contributed by atoms with van der Waals surface area (Å²) in [6.07, 6.45) is -0.734. The van der Waals surface area contributed by atoms with Crippen molar-refractivity contribution in [3.8, 4) is 5.75 Å². The number of nitrogens with one attached hydrogen (secondary N) is 1. The second-order valence-corrected chi connectivity index (χ2v) is 4.64. The first-order valence-electron chi connectivity index (χ1n) is 6.65. The van der Waals surface area contributed by atoms with E-state index in [1.165, 1.54) is 30.3 Å². The van der Waals surface area contributed by atoms with Crippen LogP contribution in [-0.2, 0) is 6.54 Å².